The van der Waals surface area contributed by atoms with Gasteiger partial charge in [-0.3, -0.25) is 9.59 Å². The molecule has 92 valence electrons. The van der Waals surface area contributed by atoms with Crippen LogP contribution in [0.1, 0.15) is 12.8 Å². The predicted octanol–water partition coefficient (Wildman–Crippen LogP) is -0.467. The molecule has 16 heavy (non-hydrogen) atoms. The van der Waals surface area contributed by atoms with Crippen LogP contribution in [0.3, 0.4) is 0 Å². The molecule has 0 aromatic heterocycles. The van der Waals surface area contributed by atoms with Gasteiger partial charge >= 0.3 is 0 Å². The average molecular weight is 227 g/mol. The highest BCUT2D eigenvalue weighted by molar-refractivity contribution is 5.78. The van der Waals surface area contributed by atoms with E-state index in [0.717, 1.165) is 38.9 Å². The minimum absolute atomic E-state index is 0.185. The predicted molar refractivity (Wildman–Crippen MR) is 61.9 cm³/mol. The molecule has 0 aromatic rings. The van der Waals surface area contributed by atoms with E-state index in [9.17, 15) is 9.59 Å². The second kappa shape index (κ2) is 6.48. The van der Waals surface area contributed by atoms with Crippen LogP contribution in [0.2, 0.25) is 0 Å². The molecule has 0 radical (unpaired) electrons. The Labute approximate surface area is 96.8 Å². The maximum Gasteiger partial charge on any atom is 0.225 e. The molecule has 0 bridgehead atoms. The van der Waals surface area contributed by atoms with Crippen LogP contribution in [0.5, 0.6) is 0 Å². The zero-order chi connectivity index (χ0) is 12.0. The molecule has 1 aliphatic rings. The summed E-state index contributed by atoms with van der Waals surface area (Å²) in [5, 5.41) is 2.65. The summed E-state index contributed by atoms with van der Waals surface area (Å²) in [6.07, 6.45) is 2.58. The van der Waals surface area contributed by atoms with E-state index >= 15 is 0 Å². The molecule has 1 N–H and O–H groups in total. The van der Waals surface area contributed by atoms with Gasteiger partial charge in [0.1, 0.15) is 0 Å². The van der Waals surface area contributed by atoms with Crippen molar-refractivity contribution in [1.82, 2.24) is 15.1 Å². The van der Waals surface area contributed by atoms with Crippen molar-refractivity contribution in [3.05, 3.63) is 0 Å². The Balaban J connectivity index is 2.23. The first-order chi connectivity index (χ1) is 7.65. The number of carbonyl (C=O) groups is 2. The second-order valence-corrected chi connectivity index (χ2v) is 4.42. The van der Waals surface area contributed by atoms with Crippen LogP contribution in [-0.2, 0) is 9.59 Å². The van der Waals surface area contributed by atoms with Gasteiger partial charge < -0.3 is 15.1 Å². The van der Waals surface area contributed by atoms with Crippen LogP contribution in [0.25, 0.3) is 0 Å². The maximum absolute atomic E-state index is 11.7. The summed E-state index contributed by atoms with van der Waals surface area (Å²) in [5.41, 5.74) is 0. The minimum atomic E-state index is 0.185. The molecular weight excluding hydrogens is 206 g/mol. The normalized spacial score (nSPS) is 18.1. The molecule has 0 atom stereocenters. The zero-order valence-electron chi connectivity index (χ0n) is 10.1. The number of rotatable bonds is 5. The lowest BCUT2D eigenvalue weighted by Gasteiger charge is -2.32. The number of nitrogens with zero attached hydrogens (tertiary/aromatic N) is 2. The minimum Gasteiger partial charge on any atom is -0.357 e. The number of nitrogens with one attached hydrogen (secondary N) is 1. The maximum atomic E-state index is 11.7. The fraction of sp³-hybridized carbons (Fsp3) is 0.818. The van der Waals surface area contributed by atoms with Crippen LogP contribution in [0.4, 0.5) is 0 Å². The number of carbonyl (C=O) groups excluding carboxylic acids is 2. The Morgan fingerprint density at radius 3 is 2.56 bits per heavy atom. The van der Waals surface area contributed by atoms with Gasteiger partial charge in [-0.1, -0.05) is 0 Å². The van der Waals surface area contributed by atoms with Crippen molar-refractivity contribution < 1.29 is 9.59 Å². The third-order valence-corrected chi connectivity index (χ3v) is 3.03. The van der Waals surface area contributed by atoms with Gasteiger partial charge in [0.25, 0.3) is 0 Å². The van der Waals surface area contributed by atoms with Crippen LogP contribution in [0, 0.1) is 5.92 Å². The molecule has 0 unspecified atom stereocenters. The molecule has 5 heteroatoms. The van der Waals surface area contributed by atoms with Crippen molar-refractivity contribution in [3.8, 4) is 0 Å². The second-order valence-electron chi connectivity index (χ2n) is 4.42. The zero-order valence-corrected chi connectivity index (χ0v) is 10.1. The Kier molecular flexibility index (Phi) is 5.25. The van der Waals surface area contributed by atoms with Gasteiger partial charge in [0.2, 0.25) is 12.3 Å². The van der Waals surface area contributed by atoms with E-state index in [1.807, 2.05) is 14.1 Å². The van der Waals surface area contributed by atoms with Gasteiger partial charge in [-0.25, -0.2) is 0 Å². The van der Waals surface area contributed by atoms with E-state index < -0.39 is 0 Å². The molecule has 1 heterocycles. The lowest BCUT2D eigenvalue weighted by atomic mass is 9.95. The standard InChI is InChI=1S/C11H21N3O2/c1-13(2)11(16)10-3-6-14(7-4-10)8-5-12-9-15/h9-10H,3-8H2,1-2H3,(H,12,15). The van der Waals surface area contributed by atoms with Crippen molar-refractivity contribution in [2.45, 2.75) is 12.8 Å². The van der Waals surface area contributed by atoms with Crippen LogP contribution in [-0.4, -0.2) is 62.4 Å². The lowest BCUT2D eigenvalue weighted by molar-refractivity contribution is -0.134. The largest absolute Gasteiger partial charge is 0.357 e. The van der Waals surface area contributed by atoms with Gasteiger partial charge in [-0.2, -0.15) is 0 Å². The third-order valence-electron chi connectivity index (χ3n) is 3.03. The van der Waals surface area contributed by atoms with Gasteiger partial charge in [-0.15, -0.1) is 0 Å². The average Bonchev–Trinajstić information content (AvgIpc) is 2.29. The van der Waals surface area contributed by atoms with Gasteiger partial charge in [-0.05, 0) is 25.9 Å². The summed E-state index contributed by atoms with van der Waals surface area (Å²) >= 11 is 0. The molecule has 0 aliphatic carbocycles. The summed E-state index contributed by atoms with van der Waals surface area (Å²) in [6.45, 7) is 3.47. The highest BCUT2D eigenvalue weighted by Gasteiger charge is 2.25. The van der Waals surface area contributed by atoms with Crippen molar-refractivity contribution in [1.29, 1.82) is 0 Å². The van der Waals surface area contributed by atoms with Crippen LogP contribution in [0.15, 0.2) is 0 Å². The summed E-state index contributed by atoms with van der Waals surface area (Å²) in [7, 11) is 3.62. The smallest absolute Gasteiger partial charge is 0.225 e. The van der Waals surface area contributed by atoms with E-state index in [2.05, 4.69) is 10.2 Å². The summed E-state index contributed by atoms with van der Waals surface area (Å²) in [4.78, 5) is 25.8. The summed E-state index contributed by atoms with van der Waals surface area (Å²) < 4.78 is 0. The first kappa shape index (κ1) is 13.0. The molecule has 0 aromatic carbocycles. The molecular formula is C11H21N3O2. The molecule has 0 spiro atoms. The van der Waals surface area contributed by atoms with E-state index in [1.54, 1.807) is 4.90 Å². The van der Waals surface area contributed by atoms with E-state index in [1.165, 1.54) is 0 Å². The number of piperidine rings is 1. The monoisotopic (exact) mass is 227 g/mol. The van der Waals surface area contributed by atoms with Crippen LogP contribution < -0.4 is 5.32 Å². The summed E-state index contributed by atoms with van der Waals surface area (Å²) in [6, 6.07) is 0. The lowest BCUT2D eigenvalue weighted by Crippen LogP contribution is -2.42. The molecule has 1 fully saturated rings. The van der Waals surface area contributed by atoms with Crippen molar-refractivity contribution in [2.75, 3.05) is 40.3 Å². The van der Waals surface area contributed by atoms with Gasteiger partial charge in [0.15, 0.2) is 0 Å². The summed E-state index contributed by atoms with van der Waals surface area (Å²) in [5.74, 6) is 0.427. The van der Waals surface area contributed by atoms with E-state index in [4.69, 9.17) is 0 Å². The van der Waals surface area contributed by atoms with E-state index in [0.29, 0.717) is 6.54 Å². The molecule has 5 nitrogen and oxygen atoms in total. The Morgan fingerprint density at radius 2 is 2.06 bits per heavy atom. The third kappa shape index (κ3) is 3.81. The first-order valence-electron chi connectivity index (χ1n) is 5.75. The molecule has 1 saturated heterocycles. The van der Waals surface area contributed by atoms with Crippen LogP contribution >= 0.6 is 0 Å². The van der Waals surface area contributed by atoms with Gasteiger partial charge in [0, 0.05) is 33.1 Å². The Hall–Kier alpha value is -1.10. The highest BCUT2D eigenvalue weighted by atomic mass is 16.2. The molecule has 1 rings (SSSR count). The van der Waals surface area contributed by atoms with Crippen molar-refractivity contribution in [3.63, 3.8) is 0 Å². The quantitative estimate of drug-likeness (QED) is 0.510. The fourth-order valence-electron chi connectivity index (χ4n) is 2.05. The molecule has 0 saturated carbocycles. The number of likely N-dealkylation sites (tertiary alicyclic amines) is 1. The SMILES string of the molecule is CN(C)C(=O)C1CCN(CCNC=O)CC1. The Morgan fingerprint density at radius 1 is 1.44 bits per heavy atom. The highest BCUT2D eigenvalue weighted by Crippen LogP contribution is 2.18. The van der Waals surface area contributed by atoms with Crippen molar-refractivity contribution in [2.24, 2.45) is 5.92 Å². The fourth-order valence-corrected chi connectivity index (χ4v) is 2.05. The topological polar surface area (TPSA) is 52.7 Å². The van der Waals surface area contributed by atoms with Gasteiger partial charge in [0.05, 0.1) is 0 Å². The number of hydrogen-bond donors (Lipinski definition) is 1. The van der Waals surface area contributed by atoms with Crippen molar-refractivity contribution >= 4 is 12.3 Å². The molecule has 1 aliphatic heterocycles. The van der Waals surface area contributed by atoms with E-state index in [-0.39, 0.29) is 11.8 Å². The molecule has 2 amide bonds. The first-order valence-corrected chi connectivity index (χ1v) is 5.75. The Bertz CT molecular complexity index is 235. The number of amides is 2. The number of hydrogen-bond acceptors (Lipinski definition) is 3.